The molecule has 0 saturated carbocycles. The normalized spacial score (nSPS) is 15.3. The van der Waals surface area contributed by atoms with Crippen molar-refractivity contribution in [3.05, 3.63) is 53.3 Å². The zero-order valence-corrected chi connectivity index (χ0v) is 13.3. The van der Waals surface area contributed by atoms with Crippen LogP contribution in [0.5, 0.6) is 0 Å². The van der Waals surface area contributed by atoms with E-state index in [1.54, 1.807) is 23.5 Å². The second-order valence-corrected chi connectivity index (χ2v) is 6.58. The lowest BCUT2D eigenvalue weighted by molar-refractivity contribution is 0.0742. The van der Waals surface area contributed by atoms with Crippen LogP contribution in [0.4, 0.5) is 10.1 Å². The quantitative estimate of drug-likeness (QED) is 0.783. The summed E-state index contributed by atoms with van der Waals surface area (Å²) in [7, 11) is 0. The van der Waals surface area contributed by atoms with Crippen LogP contribution in [0, 0.1) is 5.82 Å². The molecule has 6 heteroatoms. The van der Waals surface area contributed by atoms with Gasteiger partial charge in [0.15, 0.2) is 0 Å². The first-order chi connectivity index (χ1) is 11.2. The predicted octanol–water partition coefficient (Wildman–Crippen LogP) is 3.33. The molecule has 2 aromatic heterocycles. The number of piperazine rings is 1. The molecule has 1 aliphatic rings. The van der Waals surface area contributed by atoms with E-state index in [1.807, 2.05) is 22.4 Å². The second kappa shape index (κ2) is 5.70. The number of anilines is 1. The molecular weight excluding hydrogens is 313 g/mol. The van der Waals surface area contributed by atoms with Crippen LogP contribution in [-0.4, -0.2) is 42.0 Å². The molecule has 1 saturated heterocycles. The molecule has 4 rings (SSSR count). The number of rotatable bonds is 2. The lowest BCUT2D eigenvalue weighted by Gasteiger charge is -2.36. The van der Waals surface area contributed by atoms with Crippen molar-refractivity contribution in [1.82, 2.24) is 9.88 Å². The molecule has 0 atom stereocenters. The van der Waals surface area contributed by atoms with E-state index in [-0.39, 0.29) is 11.7 Å². The number of nitrogens with one attached hydrogen (secondary N) is 1. The molecule has 0 radical (unpaired) electrons. The van der Waals surface area contributed by atoms with Gasteiger partial charge in [-0.15, -0.1) is 11.3 Å². The van der Waals surface area contributed by atoms with Gasteiger partial charge in [-0.25, -0.2) is 4.39 Å². The Kier molecular flexibility index (Phi) is 3.53. The molecule has 1 amide bonds. The van der Waals surface area contributed by atoms with Crippen molar-refractivity contribution in [3.8, 4) is 0 Å². The van der Waals surface area contributed by atoms with Crippen molar-refractivity contribution in [1.29, 1.82) is 0 Å². The van der Waals surface area contributed by atoms with E-state index < -0.39 is 0 Å². The molecular formula is C17H16FN3OS. The SMILES string of the molecule is O=C(c1cc2sccc2[nH]1)N1CCN(c2ccc(F)cc2)CC1. The van der Waals surface area contributed by atoms with Crippen LogP contribution in [0.25, 0.3) is 10.2 Å². The minimum Gasteiger partial charge on any atom is -0.368 e. The fourth-order valence-corrected chi connectivity index (χ4v) is 3.74. The summed E-state index contributed by atoms with van der Waals surface area (Å²) in [6.07, 6.45) is 0. The Labute approximate surface area is 137 Å². The molecule has 3 heterocycles. The van der Waals surface area contributed by atoms with Gasteiger partial charge in [0.2, 0.25) is 0 Å². The Morgan fingerprint density at radius 2 is 1.83 bits per heavy atom. The Morgan fingerprint density at radius 3 is 2.52 bits per heavy atom. The number of hydrogen-bond donors (Lipinski definition) is 1. The highest BCUT2D eigenvalue weighted by atomic mass is 32.1. The maximum atomic E-state index is 13.0. The van der Waals surface area contributed by atoms with Gasteiger partial charge in [-0.1, -0.05) is 0 Å². The third kappa shape index (κ3) is 2.70. The molecule has 1 N–H and O–H groups in total. The highest BCUT2D eigenvalue weighted by molar-refractivity contribution is 7.17. The molecule has 0 spiro atoms. The van der Waals surface area contributed by atoms with Crippen LogP contribution >= 0.6 is 11.3 Å². The lowest BCUT2D eigenvalue weighted by Crippen LogP contribution is -2.48. The highest BCUT2D eigenvalue weighted by Gasteiger charge is 2.23. The van der Waals surface area contributed by atoms with Crippen molar-refractivity contribution in [3.63, 3.8) is 0 Å². The van der Waals surface area contributed by atoms with Crippen LogP contribution in [0.3, 0.4) is 0 Å². The fraction of sp³-hybridized carbons (Fsp3) is 0.235. The predicted molar refractivity (Wildman–Crippen MR) is 90.7 cm³/mol. The fourth-order valence-electron chi connectivity index (χ4n) is 2.95. The van der Waals surface area contributed by atoms with Gasteiger partial charge >= 0.3 is 0 Å². The largest absolute Gasteiger partial charge is 0.368 e. The first kappa shape index (κ1) is 14.3. The summed E-state index contributed by atoms with van der Waals surface area (Å²) in [5.74, 6) is -0.179. The first-order valence-electron chi connectivity index (χ1n) is 7.57. The first-order valence-corrected chi connectivity index (χ1v) is 8.45. The number of aromatic nitrogens is 1. The third-order valence-electron chi connectivity index (χ3n) is 4.23. The van der Waals surface area contributed by atoms with Gasteiger partial charge in [-0.05, 0) is 41.8 Å². The molecule has 0 bridgehead atoms. The van der Waals surface area contributed by atoms with Gasteiger partial charge < -0.3 is 14.8 Å². The standard InChI is InChI=1S/C17H16FN3OS/c18-12-1-3-13(4-2-12)20-6-8-21(9-7-20)17(22)15-11-16-14(19-15)5-10-23-16/h1-5,10-11,19H,6-9H2. The number of carbonyl (C=O) groups is 1. The highest BCUT2D eigenvalue weighted by Crippen LogP contribution is 2.23. The van der Waals surface area contributed by atoms with E-state index in [9.17, 15) is 9.18 Å². The molecule has 118 valence electrons. The summed E-state index contributed by atoms with van der Waals surface area (Å²) >= 11 is 1.63. The van der Waals surface area contributed by atoms with Crippen LogP contribution in [0.15, 0.2) is 41.8 Å². The lowest BCUT2D eigenvalue weighted by atomic mass is 10.2. The van der Waals surface area contributed by atoms with Crippen LogP contribution in [-0.2, 0) is 0 Å². The molecule has 1 aliphatic heterocycles. The van der Waals surface area contributed by atoms with Crippen molar-refractivity contribution in [2.45, 2.75) is 0 Å². The van der Waals surface area contributed by atoms with E-state index in [4.69, 9.17) is 0 Å². The Morgan fingerprint density at radius 1 is 1.09 bits per heavy atom. The Balaban J connectivity index is 1.43. The van der Waals surface area contributed by atoms with Gasteiger partial charge in [0.25, 0.3) is 5.91 Å². The van der Waals surface area contributed by atoms with Crippen LogP contribution in [0.2, 0.25) is 0 Å². The summed E-state index contributed by atoms with van der Waals surface area (Å²) < 4.78 is 14.1. The van der Waals surface area contributed by atoms with Crippen LogP contribution in [0.1, 0.15) is 10.5 Å². The number of aromatic amines is 1. The Hall–Kier alpha value is -2.34. The van der Waals surface area contributed by atoms with Crippen molar-refractivity contribution in [2.24, 2.45) is 0 Å². The van der Waals surface area contributed by atoms with Crippen LogP contribution < -0.4 is 4.90 Å². The van der Waals surface area contributed by atoms with Crippen molar-refractivity contribution < 1.29 is 9.18 Å². The monoisotopic (exact) mass is 329 g/mol. The molecule has 1 aromatic carbocycles. The zero-order valence-electron chi connectivity index (χ0n) is 12.5. The molecule has 23 heavy (non-hydrogen) atoms. The molecule has 0 aliphatic carbocycles. The number of hydrogen-bond acceptors (Lipinski definition) is 3. The Bertz CT molecular complexity index is 803. The number of thiophene rings is 1. The van der Waals surface area contributed by atoms with Gasteiger partial charge in [0.05, 0.1) is 10.2 Å². The average molecular weight is 329 g/mol. The van der Waals surface area contributed by atoms with E-state index >= 15 is 0 Å². The molecule has 0 unspecified atom stereocenters. The van der Waals surface area contributed by atoms with Crippen molar-refractivity contribution in [2.75, 3.05) is 31.1 Å². The summed E-state index contributed by atoms with van der Waals surface area (Å²) in [6.45, 7) is 2.85. The van der Waals surface area contributed by atoms with Gasteiger partial charge in [-0.2, -0.15) is 0 Å². The zero-order chi connectivity index (χ0) is 15.8. The summed E-state index contributed by atoms with van der Waals surface area (Å²) in [4.78, 5) is 19.8. The van der Waals surface area contributed by atoms with E-state index in [0.29, 0.717) is 18.8 Å². The smallest absolute Gasteiger partial charge is 0.270 e. The topological polar surface area (TPSA) is 39.3 Å². The van der Waals surface area contributed by atoms with Crippen molar-refractivity contribution >= 4 is 33.1 Å². The maximum absolute atomic E-state index is 13.0. The molecule has 4 nitrogen and oxygen atoms in total. The number of nitrogens with zero attached hydrogens (tertiary/aromatic N) is 2. The van der Waals surface area contributed by atoms with E-state index in [1.165, 1.54) is 12.1 Å². The number of amides is 1. The maximum Gasteiger partial charge on any atom is 0.270 e. The second-order valence-electron chi connectivity index (χ2n) is 5.64. The third-order valence-corrected chi connectivity index (χ3v) is 5.09. The number of benzene rings is 1. The number of carbonyl (C=O) groups excluding carboxylic acids is 1. The van der Waals surface area contributed by atoms with E-state index in [2.05, 4.69) is 9.88 Å². The molecule has 3 aromatic rings. The van der Waals surface area contributed by atoms with Gasteiger partial charge in [0.1, 0.15) is 11.5 Å². The number of halogens is 1. The minimum atomic E-state index is -0.228. The summed E-state index contributed by atoms with van der Waals surface area (Å²) in [5, 5.41) is 2.01. The minimum absolute atomic E-state index is 0.0483. The average Bonchev–Trinajstić information content (AvgIpc) is 3.17. The summed E-state index contributed by atoms with van der Waals surface area (Å²) in [6, 6.07) is 10.4. The van der Waals surface area contributed by atoms with E-state index in [0.717, 1.165) is 29.0 Å². The number of H-pyrrole nitrogens is 1. The number of fused-ring (bicyclic) bond motifs is 1. The van der Waals surface area contributed by atoms with Gasteiger partial charge in [-0.3, -0.25) is 4.79 Å². The summed E-state index contributed by atoms with van der Waals surface area (Å²) in [5.41, 5.74) is 2.67. The molecule has 1 fully saturated rings. The van der Waals surface area contributed by atoms with Gasteiger partial charge in [0, 0.05) is 31.9 Å².